The van der Waals surface area contributed by atoms with Crippen LogP contribution in [0, 0.1) is 30.0 Å². The van der Waals surface area contributed by atoms with Crippen LogP contribution in [-0.2, 0) is 11.0 Å². The predicted molar refractivity (Wildman–Crippen MR) is 104 cm³/mol. The first kappa shape index (κ1) is 23.7. The van der Waals surface area contributed by atoms with Gasteiger partial charge >= 0.3 is 6.18 Å². The summed E-state index contributed by atoms with van der Waals surface area (Å²) in [6.07, 6.45) is -7.84. The smallest absolute Gasteiger partial charge is 0.342 e. The molecule has 1 aromatic carbocycles. The molecule has 2 atom stereocenters. The molecule has 0 bridgehead atoms. The molecule has 0 saturated carbocycles. The van der Waals surface area contributed by atoms with E-state index in [0.29, 0.717) is 6.07 Å². The molecule has 1 aliphatic heterocycles. The maximum atomic E-state index is 13.6. The highest BCUT2D eigenvalue weighted by Crippen LogP contribution is 2.41. The largest absolute Gasteiger partial charge is 0.417 e. The summed E-state index contributed by atoms with van der Waals surface area (Å²) in [6.45, 7) is 0.780. The summed E-state index contributed by atoms with van der Waals surface area (Å²) in [4.78, 5) is 18.9. The van der Waals surface area contributed by atoms with Gasteiger partial charge in [0.25, 0.3) is 0 Å². The first-order valence-corrected chi connectivity index (χ1v) is 9.51. The summed E-state index contributed by atoms with van der Waals surface area (Å²) in [5.74, 6) is -3.66. The van der Waals surface area contributed by atoms with Gasteiger partial charge < -0.3 is 9.80 Å². The second-order valence-electron chi connectivity index (χ2n) is 7.21. The molecule has 3 rings (SSSR count). The Morgan fingerprint density at radius 2 is 2.00 bits per heavy atom. The van der Waals surface area contributed by atoms with Gasteiger partial charge in [-0.25, -0.2) is 18.2 Å². The molecule has 0 N–H and O–H groups in total. The molecule has 2 aromatic rings. The fourth-order valence-electron chi connectivity index (χ4n) is 3.50. The van der Waals surface area contributed by atoms with Gasteiger partial charge in [-0.05, 0) is 31.2 Å². The van der Waals surface area contributed by atoms with Gasteiger partial charge in [-0.15, -0.1) is 0 Å². The molecule has 5 nitrogen and oxygen atoms in total. The number of alkyl halides is 5. The van der Waals surface area contributed by atoms with Crippen molar-refractivity contribution in [1.82, 2.24) is 4.98 Å². The molecule has 2 heterocycles. The molecule has 1 aromatic heterocycles. The Morgan fingerprint density at radius 1 is 1.34 bits per heavy atom. The lowest BCUT2D eigenvalue weighted by Gasteiger charge is -2.48. The van der Waals surface area contributed by atoms with Gasteiger partial charge in [0.05, 0.1) is 16.5 Å². The monoisotopic (exact) mass is 476 g/mol. The minimum Gasteiger partial charge on any atom is -0.342 e. The van der Waals surface area contributed by atoms with Crippen LogP contribution in [0.25, 0.3) is 0 Å². The summed E-state index contributed by atoms with van der Waals surface area (Å²) in [7, 11) is 1.24. The number of carbonyl (C=O) groups is 1. The molecule has 12 heteroatoms. The minimum atomic E-state index is -4.89. The number of hydrogen-bond donors (Lipinski definition) is 0. The summed E-state index contributed by atoms with van der Waals surface area (Å²) in [6, 6.07) is 3.81. The van der Waals surface area contributed by atoms with Gasteiger partial charge in [0.2, 0.25) is 12.3 Å². The lowest BCUT2D eigenvalue weighted by atomic mass is 9.86. The molecule has 1 aliphatic rings. The third-order valence-electron chi connectivity index (χ3n) is 5.16. The van der Waals surface area contributed by atoms with Crippen LogP contribution in [0.1, 0.15) is 16.8 Å². The van der Waals surface area contributed by atoms with Gasteiger partial charge in [0.15, 0.2) is 0 Å². The highest BCUT2D eigenvalue weighted by molar-refractivity contribution is 6.31. The van der Waals surface area contributed by atoms with E-state index >= 15 is 0 Å². The molecular weight excluding hydrogens is 462 g/mol. The van der Waals surface area contributed by atoms with E-state index < -0.39 is 59.8 Å². The van der Waals surface area contributed by atoms with Gasteiger partial charge in [0, 0.05) is 25.0 Å². The number of rotatable bonds is 4. The van der Waals surface area contributed by atoms with Crippen molar-refractivity contribution in [1.29, 1.82) is 5.26 Å². The minimum absolute atomic E-state index is 0.0926. The van der Waals surface area contributed by atoms with E-state index in [4.69, 9.17) is 11.6 Å². The molecule has 32 heavy (non-hydrogen) atoms. The van der Waals surface area contributed by atoms with Crippen molar-refractivity contribution in [3.8, 4) is 6.07 Å². The second-order valence-corrected chi connectivity index (χ2v) is 7.62. The number of halogens is 7. The number of benzene rings is 1. The fraction of sp³-hybridized carbons (Fsp3) is 0.350. The van der Waals surface area contributed by atoms with E-state index in [0.717, 1.165) is 21.9 Å². The molecule has 1 amide bonds. The van der Waals surface area contributed by atoms with Crippen molar-refractivity contribution in [2.24, 2.45) is 5.92 Å². The summed E-state index contributed by atoms with van der Waals surface area (Å²) in [5.41, 5.74) is -2.14. The number of anilines is 2. The highest BCUT2D eigenvalue weighted by Gasteiger charge is 2.52. The lowest BCUT2D eigenvalue weighted by molar-refractivity contribution is -0.137. The Labute approximate surface area is 183 Å². The zero-order chi connectivity index (χ0) is 24.0. The zero-order valence-electron chi connectivity index (χ0n) is 16.6. The van der Waals surface area contributed by atoms with E-state index in [2.05, 4.69) is 4.98 Å². The molecule has 1 saturated heterocycles. The molecule has 170 valence electrons. The first-order valence-electron chi connectivity index (χ1n) is 9.13. The van der Waals surface area contributed by atoms with Gasteiger partial charge in [-0.2, -0.15) is 18.4 Å². The van der Waals surface area contributed by atoms with Gasteiger partial charge in [0.1, 0.15) is 29.3 Å². The van der Waals surface area contributed by atoms with Crippen LogP contribution in [0.3, 0.4) is 0 Å². The van der Waals surface area contributed by atoms with Crippen LogP contribution >= 0.6 is 11.6 Å². The number of amides is 1. The number of aryl methyl sites for hydroxylation is 1. The Balaban J connectivity index is 2.05. The van der Waals surface area contributed by atoms with Crippen molar-refractivity contribution in [3.05, 3.63) is 51.9 Å². The lowest BCUT2D eigenvalue weighted by Crippen LogP contribution is -2.66. The normalized spacial score (nSPS) is 18.3. The molecule has 0 spiro atoms. The number of carbonyl (C=O) groups excluding carboxylic acids is 1. The number of nitrogens with zero attached hydrogens (tertiary/aromatic N) is 4. The van der Waals surface area contributed by atoms with E-state index in [1.807, 2.05) is 0 Å². The topological polar surface area (TPSA) is 60.2 Å². The van der Waals surface area contributed by atoms with Crippen molar-refractivity contribution in [3.63, 3.8) is 0 Å². The molecule has 0 unspecified atom stereocenters. The van der Waals surface area contributed by atoms with Crippen LogP contribution in [0.15, 0.2) is 24.3 Å². The molecular formula is C20H15ClF6N4O. The Morgan fingerprint density at radius 3 is 2.53 bits per heavy atom. The van der Waals surface area contributed by atoms with Crippen molar-refractivity contribution in [2.75, 3.05) is 23.4 Å². The third kappa shape index (κ3) is 4.19. The fourth-order valence-corrected chi connectivity index (χ4v) is 3.68. The average Bonchev–Trinajstić information content (AvgIpc) is 2.67. The van der Waals surface area contributed by atoms with Crippen LogP contribution in [0.4, 0.5) is 37.8 Å². The highest BCUT2D eigenvalue weighted by atomic mass is 35.5. The number of hydrogen-bond acceptors (Lipinski definition) is 4. The average molecular weight is 477 g/mol. The number of nitriles is 1. The Hall–Kier alpha value is -3.00. The van der Waals surface area contributed by atoms with Crippen molar-refractivity contribution < 1.29 is 31.1 Å². The maximum absolute atomic E-state index is 13.6. The second kappa shape index (κ2) is 8.50. The van der Waals surface area contributed by atoms with E-state index in [1.165, 1.54) is 26.1 Å². The van der Waals surface area contributed by atoms with E-state index in [1.54, 1.807) is 0 Å². The van der Waals surface area contributed by atoms with E-state index in [-0.39, 0.29) is 16.4 Å². The third-order valence-corrected chi connectivity index (χ3v) is 5.45. The summed E-state index contributed by atoms with van der Waals surface area (Å²) >= 11 is 5.71. The summed E-state index contributed by atoms with van der Waals surface area (Å²) < 4.78 is 80.8. The standard InChI is InChI=1S/C20H15ClF6N4O/c1-9-5-13(20(25,26)27)11(7-28)18(29-9)31-8-12(17(23)24)16(31)19(32)30(2)10-3-4-15(22)14(21)6-10/h3-6,12,16-17H,8H2,1-2H3/t12-,16+/m1/s1. The zero-order valence-corrected chi connectivity index (χ0v) is 17.3. The number of likely N-dealkylation sites (N-methyl/N-ethyl adjacent to an activating group) is 1. The van der Waals surface area contributed by atoms with Crippen molar-refractivity contribution >= 4 is 29.0 Å². The van der Waals surface area contributed by atoms with Gasteiger partial charge in [-0.1, -0.05) is 11.6 Å². The van der Waals surface area contributed by atoms with Crippen LogP contribution in [0.2, 0.25) is 5.02 Å². The van der Waals surface area contributed by atoms with Crippen LogP contribution in [-0.4, -0.2) is 37.0 Å². The quantitative estimate of drug-likeness (QED) is 0.594. The SMILES string of the molecule is Cc1cc(C(F)(F)F)c(C#N)c(N2C[C@@H](C(F)F)[C@H]2C(=O)N(C)c2ccc(F)c(Cl)c2)n1. The Kier molecular flexibility index (Phi) is 6.29. The van der Waals surface area contributed by atoms with Crippen molar-refractivity contribution in [2.45, 2.75) is 25.6 Å². The number of pyridine rings is 1. The predicted octanol–water partition coefficient (Wildman–Crippen LogP) is 4.81. The Bertz CT molecular complexity index is 1100. The number of aromatic nitrogens is 1. The van der Waals surface area contributed by atoms with Crippen LogP contribution in [0.5, 0.6) is 0 Å². The molecule has 1 fully saturated rings. The first-order chi connectivity index (χ1) is 14.9. The van der Waals surface area contributed by atoms with E-state index in [9.17, 15) is 36.4 Å². The summed E-state index contributed by atoms with van der Waals surface area (Å²) in [5, 5.41) is 9.05. The molecule has 0 radical (unpaired) electrons. The van der Waals surface area contributed by atoms with Gasteiger partial charge in [-0.3, -0.25) is 4.79 Å². The molecule has 0 aliphatic carbocycles. The van der Waals surface area contributed by atoms with Crippen LogP contribution < -0.4 is 9.80 Å². The maximum Gasteiger partial charge on any atom is 0.417 e.